The molecule has 1 aliphatic carbocycles. The molecule has 23 heavy (non-hydrogen) atoms. The number of guanidine groups is 1. The Kier molecular flexibility index (Phi) is 5.17. The quantitative estimate of drug-likeness (QED) is 0.827. The number of aliphatic imine (C=N–C) groups is 1. The first-order chi connectivity index (χ1) is 11.1. The van der Waals surface area contributed by atoms with Crippen LogP contribution in [0.1, 0.15) is 38.5 Å². The van der Waals surface area contributed by atoms with Gasteiger partial charge in [0.1, 0.15) is 0 Å². The molecule has 6 nitrogen and oxygen atoms in total. The minimum atomic E-state index is -3.57. The lowest BCUT2D eigenvalue weighted by Crippen LogP contribution is -2.52. The highest BCUT2D eigenvalue weighted by Crippen LogP contribution is 2.22. The van der Waals surface area contributed by atoms with Crippen LogP contribution in [0.2, 0.25) is 0 Å². The molecule has 0 aromatic heterocycles. The summed E-state index contributed by atoms with van der Waals surface area (Å²) in [7, 11) is -3.57. The zero-order valence-electron chi connectivity index (χ0n) is 13.2. The van der Waals surface area contributed by atoms with Crippen molar-refractivity contribution in [3.05, 3.63) is 30.3 Å². The molecule has 0 amide bonds. The van der Waals surface area contributed by atoms with Gasteiger partial charge in [0, 0.05) is 6.04 Å². The first kappa shape index (κ1) is 16.3. The Morgan fingerprint density at radius 1 is 1.09 bits per heavy atom. The molecule has 3 rings (SSSR count). The van der Waals surface area contributed by atoms with Gasteiger partial charge < -0.3 is 5.32 Å². The smallest absolute Gasteiger partial charge is 0.264 e. The molecule has 2 aliphatic rings. The molecule has 0 atom stereocenters. The van der Waals surface area contributed by atoms with Gasteiger partial charge in [-0.3, -0.25) is 4.90 Å². The van der Waals surface area contributed by atoms with E-state index in [1.807, 2.05) is 0 Å². The highest BCUT2D eigenvalue weighted by atomic mass is 32.2. The van der Waals surface area contributed by atoms with Crippen LogP contribution in [0.25, 0.3) is 0 Å². The summed E-state index contributed by atoms with van der Waals surface area (Å²) in [6.07, 6.45) is 7.62. The van der Waals surface area contributed by atoms with Gasteiger partial charge in [-0.25, -0.2) is 18.1 Å². The lowest BCUT2D eigenvalue weighted by atomic mass is 10.1. The van der Waals surface area contributed by atoms with Gasteiger partial charge in [0.25, 0.3) is 10.0 Å². The molecule has 2 N–H and O–H groups in total. The largest absolute Gasteiger partial charge is 0.343 e. The molecular formula is C16H24N4O2S. The predicted octanol–water partition coefficient (Wildman–Crippen LogP) is 1.86. The number of rotatable bonds is 3. The third-order valence-electron chi connectivity index (χ3n) is 4.49. The summed E-state index contributed by atoms with van der Waals surface area (Å²) in [4.78, 5) is 6.91. The Balaban J connectivity index is 1.61. The summed E-state index contributed by atoms with van der Waals surface area (Å²) in [6, 6.07) is 8.91. The molecule has 1 aromatic rings. The Hall–Kier alpha value is -1.60. The van der Waals surface area contributed by atoms with Crippen LogP contribution in [0, 0.1) is 0 Å². The molecule has 0 unspecified atom stereocenters. The highest BCUT2D eigenvalue weighted by Gasteiger charge is 2.24. The lowest BCUT2D eigenvalue weighted by molar-refractivity contribution is 0.171. The fraction of sp³-hybridized carbons (Fsp3) is 0.562. The highest BCUT2D eigenvalue weighted by molar-refractivity contribution is 7.90. The summed E-state index contributed by atoms with van der Waals surface area (Å²) < 4.78 is 27.1. The summed E-state index contributed by atoms with van der Waals surface area (Å²) >= 11 is 0. The van der Waals surface area contributed by atoms with Gasteiger partial charge in [-0.2, -0.15) is 0 Å². The molecule has 1 heterocycles. The van der Waals surface area contributed by atoms with E-state index in [4.69, 9.17) is 0 Å². The molecule has 1 saturated carbocycles. The van der Waals surface area contributed by atoms with E-state index in [1.54, 1.807) is 30.3 Å². The van der Waals surface area contributed by atoms with Crippen molar-refractivity contribution in [3.63, 3.8) is 0 Å². The van der Waals surface area contributed by atoms with Crippen molar-refractivity contribution in [2.24, 2.45) is 4.99 Å². The third-order valence-corrected chi connectivity index (χ3v) is 5.84. The number of nitrogens with one attached hydrogen (secondary N) is 2. The number of sulfonamides is 1. The summed E-state index contributed by atoms with van der Waals surface area (Å²) in [5.41, 5.74) is 0. The van der Waals surface area contributed by atoms with E-state index in [0.29, 0.717) is 25.3 Å². The second-order valence-corrected chi connectivity index (χ2v) is 7.82. The van der Waals surface area contributed by atoms with E-state index in [-0.39, 0.29) is 4.90 Å². The Morgan fingerprint density at radius 2 is 1.78 bits per heavy atom. The van der Waals surface area contributed by atoms with Crippen molar-refractivity contribution < 1.29 is 8.42 Å². The molecule has 126 valence electrons. The van der Waals surface area contributed by atoms with Crippen molar-refractivity contribution in [2.45, 2.75) is 49.5 Å². The van der Waals surface area contributed by atoms with Crippen molar-refractivity contribution in [3.8, 4) is 0 Å². The summed E-state index contributed by atoms with van der Waals surface area (Å²) in [5.74, 6) is 0.332. The molecule has 1 fully saturated rings. The van der Waals surface area contributed by atoms with Crippen LogP contribution in [0.15, 0.2) is 40.2 Å². The van der Waals surface area contributed by atoms with E-state index in [0.717, 1.165) is 0 Å². The topological polar surface area (TPSA) is 73.8 Å². The van der Waals surface area contributed by atoms with Gasteiger partial charge in [0.05, 0.1) is 18.2 Å². The van der Waals surface area contributed by atoms with Crippen LogP contribution in [0.5, 0.6) is 0 Å². The van der Waals surface area contributed by atoms with Crippen LogP contribution in [-0.2, 0) is 10.0 Å². The molecule has 7 heteroatoms. The fourth-order valence-corrected chi connectivity index (χ4v) is 4.19. The van der Waals surface area contributed by atoms with Gasteiger partial charge in [-0.15, -0.1) is 0 Å². The van der Waals surface area contributed by atoms with Gasteiger partial charge in [0.2, 0.25) is 5.96 Å². The molecule has 1 aliphatic heterocycles. The summed E-state index contributed by atoms with van der Waals surface area (Å²) in [5, 5.41) is 3.10. The number of hydrogen-bond donors (Lipinski definition) is 2. The SMILES string of the molecule is O=S(=O)(NC1=NCN(C2CCCCCC2)CN1)c1ccccc1. The van der Waals surface area contributed by atoms with E-state index >= 15 is 0 Å². The second-order valence-electron chi connectivity index (χ2n) is 6.14. The summed E-state index contributed by atoms with van der Waals surface area (Å²) in [6.45, 7) is 1.19. The van der Waals surface area contributed by atoms with Crippen molar-refractivity contribution in [1.82, 2.24) is 14.9 Å². The van der Waals surface area contributed by atoms with Crippen LogP contribution in [0.4, 0.5) is 0 Å². The van der Waals surface area contributed by atoms with Crippen LogP contribution in [-0.4, -0.2) is 38.7 Å². The maximum absolute atomic E-state index is 12.3. The number of nitrogens with zero attached hydrogens (tertiary/aromatic N) is 2. The lowest BCUT2D eigenvalue weighted by Gasteiger charge is -2.33. The minimum absolute atomic E-state index is 0.246. The molecular weight excluding hydrogens is 312 g/mol. The van der Waals surface area contributed by atoms with Crippen LogP contribution < -0.4 is 10.0 Å². The first-order valence-electron chi connectivity index (χ1n) is 8.25. The molecule has 0 spiro atoms. The van der Waals surface area contributed by atoms with Gasteiger partial charge >= 0.3 is 0 Å². The minimum Gasteiger partial charge on any atom is -0.343 e. The van der Waals surface area contributed by atoms with Crippen molar-refractivity contribution >= 4 is 16.0 Å². The van der Waals surface area contributed by atoms with E-state index < -0.39 is 10.0 Å². The normalized spacial score (nSPS) is 21.1. The Morgan fingerprint density at radius 3 is 2.39 bits per heavy atom. The predicted molar refractivity (Wildman–Crippen MR) is 90.4 cm³/mol. The van der Waals surface area contributed by atoms with Gasteiger partial charge in [-0.1, -0.05) is 43.9 Å². The van der Waals surface area contributed by atoms with Crippen LogP contribution in [0.3, 0.4) is 0 Å². The molecule has 1 aromatic carbocycles. The maximum Gasteiger partial charge on any atom is 0.264 e. The van der Waals surface area contributed by atoms with E-state index in [1.165, 1.54) is 38.5 Å². The number of hydrogen-bond acceptors (Lipinski definition) is 5. The Labute approximate surface area is 138 Å². The van der Waals surface area contributed by atoms with Crippen LogP contribution >= 0.6 is 0 Å². The second kappa shape index (κ2) is 7.31. The van der Waals surface area contributed by atoms with E-state index in [9.17, 15) is 8.42 Å². The number of benzene rings is 1. The fourth-order valence-electron chi connectivity index (χ4n) is 3.17. The van der Waals surface area contributed by atoms with Crippen molar-refractivity contribution in [2.75, 3.05) is 13.3 Å². The maximum atomic E-state index is 12.3. The first-order valence-corrected chi connectivity index (χ1v) is 9.74. The monoisotopic (exact) mass is 336 g/mol. The van der Waals surface area contributed by atoms with Gasteiger partial charge in [-0.05, 0) is 25.0 Å². The molecule has 0 radical (unpaired) electrons. The average molecular weight is 336 g/mol. The third kappa shape index (κ3) is 4.23. The Bertz CT molecular complexity index is 637. The van der Waals surface area contributed by atoms with E-state index in [2.05, 4.69) is 19.9 Å². The molecule has 0 bridgehead atoms. The van der Waals surface area contributed by atoms with Gasteiger partial charge in [0.15, 0.2) is 0 Å². The van der Waals surface area contributed by atoms with Crippen molar-refractivity contribution in [1.29, 1.82) is 0 Å². The zero-order chi connectivity index (χ0) is 16.1. The standard InChI is InChI=1S/C16H24N4O2S/c21-23(22,15-10-6-3-7-11-15)19-16-17-12-20(13-18-16)14-8-4-1-2-5-9-14/h3,6-7,10-11,14H,1-2,4-5,8-9,12-13H2,(H2,17,18,19). The average Bonchev–Trinajstić information content (AvgIpc) is 2.85. The zero-order valence-corrected chi connectivity index (χ0v) is 14.1. The molecule has 0 saturated heterocycles.